The van der Waals surface area contributed by atoms with Crippen molar-refractivity contribution in [3.63, 3.8) is 0 Å². The summed E-state index contributed by atoms with van der Waals surface area (Å²) in [5, 5.41) is 3.49. The van der Waals surface area contributed by atoms with Crippen molar-refractivity contribution < 1.29 is 14.2 Å². The number of rotatable bonds is 6. The van der Waals surface area contributed by atoms with Gasteiger partial charge < -0.3 is 24.4 Å². The first-order valence-corrected chi connectivity index (χ1v) is 9.65. The second-order valence-corrected chi connectivity index (χ2v) is 6.71. The average molecular weight is 511 g/mol. The minimum Gasteiger partial charge on any atom is -0.493 e. The van der Waals surface area contributed by atoms with Gasteiger partial charge in [0, 0.05) is 18.8 Å². The van der Waals surface area contributed by atoms with Crippen LogP contribution in [0.1, 0.15) is 24.8 Å². The summed E-state index contributed by atoms with van der Waals surface area (Å²) in [7, 11) is 4.86. The van der Waals surface area contributed by atoms with Crippen molar-refractivity contribution in [1.82, 2.24) is 4.90 Å². The van der Waals surface area contributed by atoms with Gasteiger partial charge in [0.1, 0.15) is 0 Å². The van der Waals surface area contributed by atoms with Gasteiger partial charge >= 0.3 is 0 Å². The Hall–Kier alpha value is -2.16. The minimum atomic E-state index is 0. The van der Waals surface area contributed by atoms with E-state index in [4.69, 9.17) is 19.2 Å². The third-order valence-electron chi connectivity index (χ3n) is 4.82. The molecule has 1 heterocycles. The van der Waals surface area contributed by atoms with E-state index < -0.39 is 0 Å². The normalized spacial score (nSPS) is 14.0. The van der Waals surface area contributed by atoms with Crippen molar-refractivity contribution in [1.29, 1.82) is 0 Å². The van der Waals surface area contributed by atoms with Crippen LogP contribution < -0.4 is 19.5 Å². The molecule has 0 aliphatic carbocycles. The fraction of sp³-hybridized carbons (Fsp3) is 0.409. The van der Waals surface area contributed by atoms with Crippen LogP contribution >= 0.6 is 24.0 Å². The maximum atomic E-state index is 5.46. The summed E-state index contributed by atoms with van der Waals surface area (Å²) in [6.45, 7) is 2.56. The van der Waals surface area contributed by atoms with Crippen LogP contribution in [-0.4, -0.2) is 45.3 Å². The monoisotopic (exact) mass is 511 g/mol. The Kier molecular flexibility index (Phi) is 9.37. The first-order chi connectivity index (χ1) is 13.7. The number of benzene rings is 2. The number of methoxy groups -OCH3 is 3. The topological polar surface area (TPSA) is 55.3 Å². The zero-order chi connectivity index (χ0) is 19.8. The molecule has 6 nitrogen and oxygen atoms in total. The molecule has 0 atom stereocenters. The number of nitrogens with one attached hydrogen (secondary N) is 1. The van der Waals surface area contributed by atoms with Crippen LogP contribution in [0.4, 0.5) is 5.69 Å². The highest BCUT2D eigenvalue weighted by Crippen LogP contribution is 2.38. The average Bonchev–Trinajstić information content (AvgIpc) is 2.77. The van der Waals surface area contributed by atoms with Crippen LogP contribution in [0.15, 0.2) is 47.5 Å². The lowest BCUT2D eigenvalue weighted by molar-refractivity contribution is 0.323. The first kappa shape index (κ1) is 23.1. The summed E-state index contributed by atoms with van der Waals surface area (Å²) in [5.41, 5.74) is 2.04. The molecule has 0 amide bonds. The number of ether oxygens (including phenoxy) is 3. The number of hydrogen-bond donors (Lipinski definition) is 1. The Bertz CT molecular complexity index is 768. The standard InChI is InChI=1S/C22H29N3O3.HI/c1-26-19-14-17(15-20(27-2)21(19)28-3)16-23-22(25-12-8-5-9-13-25)24-18-10-6-4-7-11-18;/h4,6-7,10-11,14-15H,5,8-9,12-13,16H2,1-3H3,(H,23,24);1H. The lowest BCUT2D eigenvalue weighted by atomic mass is 10.1. The van der Waals surface area contributed by atoms with Gasteiger partial charge in [0.05, 0.1) is 27.9 Å². The zero-order valence-corrected chi connectivity index (χ0v) is 19.6. The fourth-order valence-corrected chi connectivity index (χ4v) is 3.37. The summed E-state index contributed by atoms with van der Waals surface area (Å²) in [4.78, 5) is 7.23. The van der Waals surface area contributed by atoms with E-state index in [1.807, 2.05) is 30.3 Å². The smallest absolute Gasteiger partial charge is 0.203 e. The number of nitrogens with zero attached hydrogens (tertiary/aromatic N) is 2. The molecule has 158 valence electrons. The maximum Gasteiger partial charge on any atom is 0.203 e. The number of hydrogen-bond acceptors (Lipinski definition) is 4. The van der Waals surface area contributed by atoms with Crippen LogP contribution in [0.25, 0.3) is 0 Å². The van der Waals surface area contributed by atoms with Gasteiger partial charge in [-0.2, -0.15) is 0 Å². The van der Waals surface area contributed by atoms with Crippen molar-refractivity contribution >= 4 is 35.6 Å². The molecule has 1 saturated heterocycles. The van der Waals surface area contributed by atoms with E-state index in [1.165, 1.54) is 19.3 Å². The van der Waals surface area contributed by atoms with E-state index in [2.05, 4.69) is 22.3 Å². The van der Waals surface area contributed by atoms with Gasteiger partial charge in [-0.05, 0) is 49.1 Å². The highest BCUT2D eigenvalue weighted by Gasteiger charge is 2.16. The Balaban J connectivity index is 0.00000300. The third kappa shape index (κ3) is 6.16. The molecule has 29 heavy (non-hydrogen) atoms. The Morgan fingerprint density at radius 3 is 2.10 bits per heavy atom. The Morgan fingerprint density at radius 2 is 1.55 bits per heavy atom. The molecule has 2 aromatic rings. The minimum absolute atomic E-state index is 0. The molecule has 1 aliphatic heterocycles. The van der Waals surface area contributed by atoms with E-state index in [0.29, 0.717) is 23.8 Å². The number of para-hydroxylation sites is 1. The summed E-state index contributed by atoms with van der Waals surface area (Å²) in [6, 6.07) is 14.1. The molecule has 2 aromatic carbocycles. The molecule has 3 rings (SSSR count). The molecule has 7 heteroatoms. The maximum absolute atomic E-state index is 5.46. The highest BCUT2D eigenvalue weighted by atomic mass is 127. The van der Waals surface area contributed by atoms with E-state index in [0.717, 1.165) is 30.3 Å². The lowest BCUT2D eigenvalue weighted by Gasteiger charge is -2.30. The van der Waals surface area contributed by atoms with Crippen LogP contribution in [0, 0.1) is 0 Å². The van der Waals surface area contributed by atoms with Crippen molar-refractivity contribution in [3.05, 3.63) is 48.0 Å². The van der Waals surface area contributed by atoms with Crippen LogP contribution in [0.5, 0.6) is 17.2 Å². The molecule has 0 saturated carbocycles. The summed E-state index contributed by atoms with van der Waals surface area (Å²) in [5.74, 6) is 2.78. The van der Waals surface area contributed by atoms with E-state index >= 15 is 0 Å². The molecule has 1 N–H and O–H groups in total. The Morgan fingerprint density at radius 1 is 0.931 bits per heavy atom. The summed E-state index contributed by atoms with van der Waals surface area (Å²) in [6.07, 6.45) is 3.67. The van der Waals surface area contributed by atoms with Crippen LogP contribution in [-0.2, 0) is 6.54 Å². The quantitative estimate of drug-likeness (QED) is 0.344. The molecule has 0 aromatic heterocycles. The first-order valence-electron chi connectivity index (χ1n) is 9.65. The number of likely N-dealkylation sites (tertiary alicyclic amines) is 1. The lowest BCUT2D eigenvalue weighted by Crippen LogP contribution is -2.40. The highest BCUT2D eigenvalue weighted by molar-refractivity contribution is 14.0. The van der Waals surface area contributed by atoms with Gasteiger partial charge in [-0.1, -0.05) is 18.2 Å². The van der Waals surface area contributed by atoms with Crippen LogP contribution in [0.3, 0.4) is 0 Å². The van der Waals surface area contributed by atoms with Gasteiger partial charge in [-0.3, -0.25) is 0 Å². The van der Waals surface area contributed by atoms with Gasteiger partial charge in [0.2, 0.25) is 5.75 Å². The molecule has 0 bridgehead atoms. The number of anilines is 1. The predicted octanol–water partition coefficient (Wildman–Crippen LogP) is 4.78. The van der Waals surface area contributed by atoms with Crippen molar-refractivity contribution in [2.45, 2.75) is 25.8 Å². The molecular weight excluding hydrogens is 481 g/mol. The van der Waals surface area contributed by atoms with E-state index in [1.54, 1.807) is 21.3 Å². The van der Waals surface area contributed by atoms with Crippen molar-refractivity contribution in [3.8, 4) is 17.2 Å². The summed E-state index contributed by atoms with van der Waals surface area (Å²) < 4.78 is 16.3. The second kappa shape index (κ2) is 11.7. The molecule has 0 unspecified atom stereocenters. The second-order valence-electron chi connectivity index (χ2n) is 6.71. The summed E-state index contributed by atoms with van der Waals surface area (Å²) >= 11 is 0. The third-order valence-corrected chi connectivity index (χ3v) is 4.82. The predicted molar refractivity (Wildman–Crippen MR) is 128 cm³/mol. The molecule has 1 fully saturated rings. The van der Waals surface area contributed by atoms with E-state index in [-0.39, 0.29) is 24.0 Å². The van der Waals surface area contributed by atoms with E-state index in [9.17, 15) is 0 Å². The van der Waals surface area contributed by atoms with Gasteiger partial charge in [-0.15, -0.1) is 24.0 Å². The number of piperidine rings is 1. The number of aliphatic imine (C=N–C) groups is 1. The molecule has 1 aliphatic rings. The Labute approximate surface area is 190 Å². The van der Waals surface area contributed by atoms with Gasteiger partial charge in [0.15, 0.2) is 17.5 Å². The zero-order valence-electron chi connectivity index (χ0n) is 17.3. The van der Waals surface area contributed by atoms with Gasteiger partial charge in [-0.25, -0.2) is 4.99 Å². The SMILES string of the molecule is COc1cc(CN=C(Nc2ccccc2)N2CCCCC2)cc(OC)c1OC.I. The van der Waals surface area contributed by atoms with Crippen LogP contribution in [0.2, 0.25) is 0 Å². The fourth-order valence-electron chi connectivity index (χ4n) is 3.37. The molecule has 0 spiro atoms. The molecular formula is C22H30IN3O3. The number of halogens is 1. The van der Waals surface area contributed by atoms with Gasteiger partial charge in [0.25, 0.3) is 0 Å². The van der Waals surface area contributed by atoms with Crippen molar-refractivity contribution in [2.75, 3.05) is 39.7 Å². The largest absolute Gasteiger partial charge is 0.493 e. The number of guanidine groups is 1. The van der Waals surface area contributed by atoms with Crippen molar-refractivity contribution in [2.24, 2.45) is 4.99 Å². The molecule has 0 radical (unpaired) electrons.